The van der Waals surface area contributed by atoms with Crippen LogP contribution in [0, 0.1) is 11.8 Å². The maximum atomic E-state index is 11.9. The van der Waals surface area contributed by atoms with Gasteiger partial charge in [0.05, 0.1) is 26.1 Å². The molecule has 0 unspecified atom stereocenters. The SMILES string of the molecule is CC#C[C@@H](CC(=O)OCC)c1ccc(OCc2ccc3scc(-c4ccccc4OC)c3c2)nc1. The van der Waals surface area contributed by atoms with Gasteiger partial charge in [0.25, 0.3) is 0 Å². The number of thiophene rings is 1. The molecular weight excluding hydrogens is 458 g/mol. The molecule has 0 fully saturated rings. The first kappa shape index (κ1) is 24.3. The van der Waals surface area contributed by atoms with Crippen LogP contribution >= 0.6 is 11.3 Å². The van der Waals surface area contributed by atoms with Crippen molar-refractivity contribution in [2.24, 2.45) is 0 Å². The number of nitrogens with zero attached hydrogens (tertiary/aromatic N) is 1. The summed E-state index contributed by atoms with van der Waals surface area (Å²) in [5.74, 6) is 6.80. The number of hydrogen-bond donors (Lipinski definition) is 0. The number of rotatable bonds is 9. The van der Waals surface area contributed by atoms with Gasteiger partial charge in [-0.2, -0.15) is 0 Å². The van der Waals surface area contributed by atoms with E-state index in [1.807, 2.05) is 30.3 Å². The third kappa shape index (κ3) is 5.82. The Hall–Kier alpha value is -3.82. The predicted molar refractivity (Wildman–Crippen MR) is 140 cm³/mol. The van der Waals surface area contributed by atoms with Crippen LogP contribution in [0.2, 0.25) is 0 Å². The molecule has 0 spiro atoms. The molecule has 5 nitrogen and oxygen atoms in total. The number of methoxy groups -OCH3 is 1. The van der Waals surface area contributed by atoms with Crippen LogP contribution < -0.4 is 9.47 Å². The van der Waals surface area contributed by atoms with E-state index in [2.05, 4.69) is 46.5 Å². The van der Waals surface area contributed by atoms with Crippen LogP contribution in [0.4, 0.5) is 0 Å². The molecule has 0 aliphatic carbocycles. The molecule has 0 N–H and O–H groups in total. The first-order valence-corrected chi connectivity index (χ1v) is 12.3. The summed E-state index contributed by atoms with van der Waals surface area (Å²) >= 11 is 1.71. The fraction of sp³-hybridized carbons (Fsp3) is 0.241. The van der Waals surface area contributed by atoms with Gasteiger partial charge in [-0.05, 0) is 48.6 Å². The van der Waals surface area contributed by atoms with Crippen molar-refractivity contribution in [2.45, 2.75) is 32.8 Å². The van der Waals surface area contributed by atoms with Gasteiger partial charge in [-0.25, -0.2) is 4.98 Å². The zero-order chi connectivity index (χ0) is 24.6. The summed E-state index contributed by atoms with van der Waals surface area (Å²) in [5, 5.41) is 3.34. The Balaban J connectivity index is 1.48. The maximum absolute atomic E-state index is 11.9. The topological polar surface area (TPSA) is 57.7 Å². The summed E-state index contributed by atoms with van der Waals surface area (Å²) in [7, 11) is 1.69. The normalized spacial score (nSPS) is 11.4. The second-order valence-corrected chi connectivity index (χ2v) is 8.77. The second-order valence-electron chi connectivity index (χ2n) is 7.85. The summed E-state index contributed by atoms with van der Waals surface area (Å²) in [5.41, 5.74) is 4.14. The number of benzene rings is 2. The smallest absolute Gasteiger partial charge is 0.307 e. The van der Waals surface area contributed by atoms with Crippen molar-refractivity contribution in [1.29, 1.82) is 0 Å². The fourth-order valence-corrected chi connectivity index (χ4v) is 4.84. The van der Waals surface area contributed by atoms with E-state index >= 15 is 0 Å². The molecular formula is C29H27NO4S. The minimum atomic E-state index is -0.267. The van der Waals surface area contributed by atoms with Crippen LogP contribution in [-0.4, -0.2) is 24.7 Å². The minimum Gasteiger partial charge on any atom is -0.496 e. The average molecular weight is 486 g/mol. The Bertz CT molecular complexity index is 1360. The molecule has 6 heteroatoms. The first-order valence-electron chi connectivity index (χ1n) is 11.4. The zero-order valence-electron chi connectivity index (χ0n) is 20.0. The lowest BCUT2D eigenvalue weighted by Crippen LogP contribution is -2.10. The van der Waals surface area contributed by atoms with Crippen molar-refractivity contribution < 1.29 is 19.0 Å². The molecule has 2 aromatic carbocycles. The number of pyridine rings is 1. The van der Waals surface area contributed by atoms with Crippen LogP contribution in [0.1, 0.15) is 37.3 Å². The van der Waals surface area contributed by atoms with E-state index in [4.69, 9.17) is 14.2 Å². The summed E-state index contributed by atoms with van der Waals surface area (Å²) in [6.45, 7) is 4.30. The number of carbonyl (C=O) groups is 1. The number of hydrogen-bond acceptors (Lipinski definition) is 6. The molecule has 2 heterocycles. The third-order valence-corrected chi connectivity index (χ3v) is 6.54. The van der Waals surface area contributed by atoms with Gasteiger partial charge in [-0.3, -0.25) is 4.79 Å². The number of aromatic nitrogens is 1. The average Bonchev–Trinajstić information content (AvgIpc) is 3.31. The molecule has 0 saturated heterocycles. The largest absolute Gasteiger partial charge is 0.496 e. The molecule has 0 amide bonds. The molecule has 4 aromatic rings. The van der Waals surface area contributed by atoms with Crippen LogP contribution in [0.5, 0.6) is 11.6 Å². The standard InChI is InChI=1S/C29H27NO4S/c1-4-8-21(16-29(31)33-5-2)22-12-14-28(30-17-22)34-18-20-11-13-27-24(15-20)25(19-35-27)23-9-6-7-10-26(23)32-3/h6-7,9-15,17,19,21H,5,16,18H2,1-3H3/t21-/m0/s1. The molecule has 0 radical (unpaired) electrons. The van der Waals surface area contributed by atoms with Gasteiger partial charge in [0.1, 0.15) is 12.4 Å². The van der Waals surface area contributed by atoms with E-state index in [1.165, 1.54) is 10.1 Å². The number of fused-ring (bicyclic) bond motifs is 1. The van der Waals surface area contributed by atoms with Gasteiger partial charge in [0.2, 0.25) is 5.88 Å². The lowest BCUT2D eigenvalue weighted by Gasteiger charge is -2.12. The van der Waals surface area contributed by atoms with Crippen molar-refractivity contribution in [2.75, 3.05) is 13.7 Å². The minimum absolute atomic E-state index is 0.200. The second kappa shape index (κ2) is 11.5. The quantitative estimate of drug-likeness (QED) is 0.197. The summed E-state index contributed by atoms with van der Waals surface area (Å²) < 4.78 is 17.8. The van der Waals surface area contributed by atoms with Gasteiger partial charge >= 0.3 is 5.97 Å². The van der Waals surface area contributed by atoms with Crippen LogP contribution in [0.3, 0.4) is 0 Å². The molecule has 0 saturated carbocycles. The van der Waals surface area contributed by atoms with Gasteiger partial charge in [0, 0.05) is 33.5 Å². The first-order chi connectivity index (χ1) is 17.1. The van der Waals surface area contributed by atoms with Crippen LogP contribution in [-0.2, 0) is 16.1 Å². The lowest BCUT2D eigenvalue weighted by molar-refractivity contribution is -0.143. The highest BCUT2D eigenvalue weighted by Crippen LogP contribution is 2.39. The van der Waals surface area contributed by atoms with Gasteiger partial charge < -0.3 is 14.2 Å². The third-order valence-electron chi connectivity index (χ3n) is 5.58. The summed E-state index contributed by atoms with van der Waals surface area (Å²) in [6, 6.07) is 18.1. The van der Waals surface area contributed by atoms with Gasteiger partial charge in [-0.15, -0.1) is 17.3 Å². The molecule has 1 atom stereocenters. The van der Waals surface area contributed by atoms with Crippen molar-refractivity contribution in [3.8, 4) is 34.6 Å². The predicted octanol–water partition coefficient (Wildman–Crippen LogP) is 6.61. The Morgan fingerprint density at radius 3 is 2.71 bits per heavy atom. The van der Waals surface area contributed by atoms with Gasteiger partial charge in [0.15, 0.2) is 0 Å². The molecule has 2 aromatic heterocycles. The molecule has 178 valence electrons. The highest BCUT2D eigenvalue weighted by molar-refractivity contribution is 7.17. The van der Waals surface area contributed by atoms with Gasteiger partial charge in [-0.1, -0.05) is 36.3 Å². The number of esters is 1. The number of carbonyl (C=O) groups excluding carboxylic acids is 1. The number of ether oxygens (including phenoxy) is 3. The Morgan fingerprint density at radius 1 is 1.11 bits per heavy atom. The monoisotopic (exact) mass is 485 g/mol. The molecule has 35 heavy (non-hydrogen) atoms. The van der Waals surface area contributed by atoms with E-state index in [1.54, 1.807) is 38.5 Å². The van der Waals surface area contributed by atoms with Crippen molar-refractivity contribution in [3.63, 3.8) is 0 Å². The number of para-hydroxylation sites is 1. The molecule has 0 aliphatic rings. The van der Waals surface area contributed by atoms with E-state index in [-0.39, 0.29) is 18.3 Å². The highest BCUT2D eigenvalue weighted by atomic mass is 32.1. The Labute approximate surface area is 209 Å². The zero-order valence-corrected chi connectivity index (χ0v) is 20.9. The fourth-order valence-electron chi connectivity index (χ4n) is 3.90. The Kier molecular flexibility index (Phi) is 8.02. The van der Waals surface area contributed by atoms with E-state index in [0.717, 1.165) is 28.0 Å². The van der Waals surface area contributed by atoms with Crippen molar-refractivity contribution in [3.05, 3.63) is 77.3 Å². The lowest BCUT2D eigenvalue weighted by atomic mass is 9.98. The maximum Gasteiger partial charge on any atom is 0.307 e. The summed E-state index contributed by atoms with van der Waals surface area (Å²) in [6.07, 6.45) is 1.91. The highest BCUT2D eigenvalue weighted by Gasteiger charge is 2.16. The van der Waals surface area contributed by atoms with Crippen LogP contribution in [0.15, 0.2) is 66.2 Å². The molecule has 0 bridgehead atoms. The van der Waals surface area contributed by atoms with E-state index < -0.39 is 0 Å². The molecule has 4 rings (SSSR count). The molecule has 0 aliphatic heterocycles. The van der Waals surface area contributed by atoms with Crippen LogP contribution in [0.25, 0.3) is 21.2 Å². The van der Waals surface area contributed by atoms with Crippen molar-refractivity contribution >= 4 is 27.4 Å². The summed E-state index contributed by atoms with van der Waals surface area (Å²) in [4.78, 5) is 16.3. The van der Waals surface area contributed by atoms with Crippen molar-refractivity contribution in [1.82, 2.24) is 4.98 Å². The van der Waals surface area contributed by atoms with E-state index in [9.17, 15) is 4.79 Å². The Morgan fingerprint density at radius 2 is 1.97 bits per heavy atom. The van der Waals surface area contributed by atoms with E-state index in [0.29, 0.717) is 19.1 Å².